The van der Waals surface area contributed by atoms with Gasteiger partial charge >= 0.3 is 0 Å². The molecule has 2 aromatic carbocycles. The zero-order valence-corrected chi connectivity index (χ0v) is 14.5. The maximum absolute atomic E-state index is 12.7. The first-order valence-electron chi connectivity index (χ1n) is 7.90. The monoisotopic (exact) mass is 345 g/mol. The predicted octanol–water partition coefficient (Wildman–Crippen LogP) is 3.71. The van der Waals surface area contributed by atoms with E-state index in [-0.39, 0.29) is 5.91 Å². The van der Waals surface area contributed by atoms with Gasteiger partial charge in [-0.25, -0.2) is 0 Å². The van der Waals surface area contributed by atoms with Crippen LogP contribution in [0.15, 0.2) is 42.5 Å². The van der Waals surface area contributed by atoms with Crippen molar-refractivity contribution in [2.45, 2.75) is 25.8 Å². The normalized spacial score (nSPS) is 13.5. The number of benzene rings is 2. The van der Waals surface area contributed by atoms with Gasteiger partial charge in [0.25, 0.3) is 0 Å². The summed E-state index contributed by atoms with van der Waals surface area (Å²) in [6.07, 6.45) is 0. The van der Waals surface area contributed by atoms with Crippen LogP contribution in [0.25, 0.3) is 0 Å². The molecular formula is C19H20ClNO3. The van der Waals surface area contributed by atoms with Crippen molar-refractivity contribution in [1.29, 1.82) is 0 Å². The Labute approximate surface area is 146 Å². The van der Waals surface area contributed by atoms with Crippen molar-refractivity contribution in [2.75, 3.05) is 13.2 Å². The topological polar surface area (TPSA) is 47.6 Å². The smallest absolute Gasteiger partial charge is 0.230 e. The van der Waals surface area contributed by atoms with Crippen molar-refractivity contribution in [1.82, 2.24) is 5.32 Å². The number of fused-ring (bicyclic) bond motifs is 1. The lowest BCUT2D eigenvalue weighted by molar-refractivity contribution is -0.125. The van der Waals surface area contributed by atoms with Gasteiger partial charge in [-0.3, -0.25) is 4.79 Å². The van der Waals surface area contributed by atoms with Crippen LogP contribution < -0.4 is 14.8 Å². The van der Waals surface area contributed by atoms with E-state index in [0.717, 1.165) is 16.9 Å². The number of nitrogens with one attached hydrogen (secondary N) is 1. The second-order valence-corrected chi connectivity index (χ2v) is 6.66. The summed E-state index contributed by atoms with van der Waals surface area (Å²) in [5.74, 6) is 1.34. The Balaban J connectivity index is 1.74. The van der Waals surface area contributed by atoms with Crippen molar-refractivity contribution in [3.8, 4) is 11.5 Å². The molecule has 1 amide bonds. The van der Waals surface area contributed by atoms with Crippen molar-refractivity contribution in [3.63, 3.8) is 0 Å². The van der Waals surface area contributed by atoms with E-state index in [1.165, 1.54) is 0 Å². The Bertz CT molecular complexity index is 758. The fourth-order valence-corrected chi connectivity index (χ4v) is 2.80. The maximum atomic E-state index is 12.7. The minimum Gasteiger partial charge on any atom is -0.486 e. The molecule has 24 heavy (non-hydrogen) atoms. The van der Waals surface area contributed by atoms with Crippen LogP contribution in [-0.2, 0) is 16.8 Å². The molecule has 1 heterocycles. The first-order valence-corrected chi connectivity index (χ1v) is 8.28. The number of rotatable bonds is 4. The van der Waals surface area contributed by atoms with Gasteiger partial charge in [0.2, 0.25) is 5.91 Å². The Morgan fingerprint density at radius 1 is 1.12 bits per heavy atom. The van der Waals surface area contributed by atoms with Crippen LogP contribution in [0.2, 0.25) is 5.02 Å². The molecule has 0 saturated heterocycles. The van der Waals surface area contributed by atoms with Crippen LogP contribution >= 0.6 is 11.6 Å². The van der Waals surface area contributed by atoms with Gasteiger partial charge < -0.3 is 14.8 Å². The molecule has 1 aliphatic rings. The first kappa shape index (κ1) is 16.7. The largest absolute Gasteiger partial charge is 0.486 e. The van der Waals surface area contributed by atoms with E-state index in [1.807, 2.05) is 56.3 Å². The number of ether oxygens (including phenoxy) is 2. The van der Waals surface area contributed by atoms with E-state index in [2.05, 4.69) is 5.32 Å². The minimum atomic E-state index is -0.697. The third-order valence-electron chi connectivity index (χ3n) is 4.23. The summed E-state index contributed by atoms with van der Waals surface area (Å²) in [6, 6.07) is 13.1. The number of amides is 1. The highest BCUT2D eigenvalue weighted by Crippen LogP contribution is 2.35. The van der Waals surface area contributed by atoms with Gasteiger partial charge in [-0.05, 0) is 43.2 Å². The van der Waals surface area contributed by atoms with Crippen LogP contribution in [-0.4, -0.2) is 19.1 Å². The molecule has 3 rings (SSSR count). The lowest BCUT2D eigenvalue weighted by Gasteiger charge is -2.26. The molecule has 5 heteroatoms. The highest BCUT2D eigenvalue weighted by molar-refractivity contribution is 6.31. The molecule has 1 N–H and O–H groups in total. The van der Waals surface area contributed by atoms with Gasteiger partial charge in [0.15, 0.2) is 11.5 Å². The fourth-order valence-electron chi connectivity index (χ4n) is 2.60. The third kappa shape index (κ3) is 3.34. The summed E-state index contributed by atoms with van der Waals surface area (Å²) in [6.45, 7) is 5.25. The highest BCUT2D eigenvalue weighted by atomic mass is 35.5. The summed E-state index contributed by atoms with van der Waals surface area (Å²) in [7, 11) is 0. The van der Waals surface area contributed by atoms with Gasteiger partial charge in [0.1, 0.15) is 13.2 Å². The number of carbonyl (C=O) groups is 1. The summed E-state index contributed by atoms with van der Waals surface area (Å²) in [5.41, 5.74) is 1.07. The summed E-state index contributed by atoms with van der Waals surface area (Å²) in [4.78, 5) is 12.7. The first-order chi connectivity index (χ1) is 11.5. The number of halogens is 1. The standard InChI is InChI=1S/C19H20ClNO3/c1-19(2,14-7-8-16-17(11-14)24-10-9-23-16)18(22)21-12-13-5-3-4-6-15(13)20/h3-8,11H,9-10,12H2,1-2H3,(H,21,22). The minimum absolute atomic E-state index is 0.0703. The Hall–Kier alpha value is -2.20. The molecular weight excluding hydrogens is 326 g/mol. The van der Waals surface area contributed by atoms with Crippen LogP contribution in [0.3, 0.4) is 0 Å². The van der Waals surface area contributed by atoms with E-state index in [9.17, 15) is 4.79 Å². The Morgan fingerprint density at radius 3 is 2.58 bits per heavy atom. The van der Waals surface area contributed by atoms with E-state index >= 15 is 0 Å². The Morgan fingerprint density at radius 2 is 1.83 bits per heavy atom. The SMILES string of the molecule is CC(C)(C(=O)NCc1ccccc1Cl)c1ccc2c(c1)OCCO2. The second kappa shape index (κ2) is 6.73. The summed E-state index contributed by atoms with van der Waals surface area (Å²) in [5, 5.41) is 3.61. The summed E-state index contributed by atoms with van der Waals surface area (Å²) >= 11 is 6.14. The molecule has 4 nitrogen and oxygen atoms in total. The zero-order chi connectivity index (χ0) is 17.2. The van der Waals surface area contributed by atoms with E-state index in [4.69, 9.17) is 21.1 Å². The van der Waals surface area contributed by atoms with E-state index in [0.29, 0.717) is 30.5 Å². The molecule has 1 aliphatic heterocycles. The molecule has 0 spiro atoms. The average molecular weight is 346 g/mol. The second-order valence-electron chi connectivity index (χ2n) is 6.26. The summed E-state index contributed by atoms with van der Waals surface area (Å²) < 4.78 is 11.1. The lowest BCUT2D eigenvalue weighted by atomic mass is 9.83. The molecule has 0 aromatic heterocycles. The van der Waals surface area contributed by atoms with Gasteiger partial charge in [0, 0.05) is 11.6 Å². The van der Waals surface area contributed by atoms with Crippen LogP contribution in [0.1, 0.15) is 25.0 Å². The third-order valence-corrected chi connectivity index (χ3v) is 4.60. The maximum Gasteiger partial charge on any atom is 0.230 e. The van der Waals surface area contributed by atoms with Gasteiger partial charge in [-0.2, -0.15) is 0 Å². The lowest BCUT2D eigenvalue weighted by Crippen LogP contribution is -2.39. The van der Waals surface area contributed by atoms with Crippen molar-refractivity contribution >= 4 is 17.5 Å². The molecule has 0 aliphatic carbocycles. The average Bonchev–Trinajstić information content (AvgIpc) is 2.60. The fraction of sp³-hybridized carbons (Fsp3) is 0.316. The zero-order valence-electron chi connectivity index (χ0n) is 13.8. The predicted molar refractivity (Wildman–Crippen MR) is 93.8 cm³/mol. The van der Waals surface area contributed by atoms with Gasteiger partial charge in [0.05, 0.1) is 5.41 Å². The van der Waals surface area contributed by atoms with Crippen molar-refractivity contribution in [3.05, 3.63) is 58.6 Å². The van der Waals surface area contributed by atoms with Gasteiger partial charge in [-0.15, -0.1) is 0 Å². The van der Waals surface area contributed by atoms with Gasteiger partial charge in [-0.1, -0.05) is 35.9 Å². The van der Waals surface area contributed by atoms with E-state index < -0.39 is 5.41 Å². The molecule has 0 atom stereocenters. The molecule has 0 radical (unpaired) electrons. The van der Waals surface area contributed by atoms with Crippen molar-refractivity contribution in [2.24, 2.45) is 0 Å². The molecule has 126 valence electrons. The van der Waals surface area contributed by atoms with Crippen LogP contribution in [0, 0.1) is 0 Å². The number of hydrogen-bond donors (Lipinski definition) is 1. The molecule has 2 aromatic rings. The quantitative estimate of drug-likeness (QED) is 0.919. The molecule has 0 bridgehead atoms. The molecule has 0 unspecified atom stereocenters. The number of carbonyl (C=O) groups excluding carboxylic acids is 1. The van der Waals surface area contributed by atoms with Crippen molar-refractivity contribution < 1.29 is 14.3 Å². The highest BCUT2D eigenvalue weighted by Gasteiger charge is 2.31. The number of hydrogen-bond acceptors (Lipinski definition) is 3. The van der Waals surface area contributed by atoms with E-state index in [1.54, 1.807) is 0 Å². The Kier molecular flexibility index (Phi) is 4.67. The molecule has 0 fully saturated rings. The van der Waals surface area contributed by atoms with Crippen LogP contribution in [0.4, 0.5) is 0 Å². The van der Waals surface area contributed by atoms with Crippen LogP contribution in [0.5, 0.6) is 11.5 Å². The molecule has 0 saturated carbocycles.